The highest BCUT2D eigenvalue weighted by atomic mass is 16.5. The number of carbonyl (C=O) groups excluding carboxylic acids is 1. The maximum absolute atomic E-state index is 12.8. The number of aryl methyl sites for hydroxylation is 2. The van der Waals surface area contributed by atoms with Crippen molar-refractivity contribution in [1.82, 2.24) is 10.2 Å². The Labute approximate surface area is 174 Å². The van der Waals surface area contributed by atoms with Gasteiger partial charge in [-0.25, -0.2) is 0 Å². The van der Waals surface area contributed by atoms with Gasteiger partial charge in [-0.3, -0.25) is 9.69 Å². The van der Waals surface area contributed by atoms with Crippen molar-refractivity contribution in [1.29, 1.82) is 0 Å². The summed E-state index contributed by atoms with van der Waals surface area (Å²) in [5, 5.41) is 3.06. The summed E-state index contributed by atoms with van der Waals surface area (Å²) in [7, 11) is 0. The van der Waals surface area contributed by atoms with Gasteiger partial charge in [-0.2, -0.15) is 0 Å². The second-order valence-electron chi connectivity index (χ2n) is 8.20. The SMILES string of the molecule is Cc1ccc(OC(C)(C)C(=O)NCc2ccccc2CN2CCOCC2)cc1C. The normalized spacial score (nSPS) is 15.2. The third-order valence-electron chi connectivity index (χ3n) is 5.45. The minimum absolute atomic E-state index is 0.128. The van der Waals surface area contributed by atoms with E-state index in [0.29, 0.717) is 12.3 Å². The van der Waals surface area contributed by atoms with Crippen molar-refractivity contribution in [2.24, 2.45) is 0 Å². The summed E-state index contributed by atoms with van der Waals surface area (Å²) in [4.78, 5) is 15.2. The van der Waals surface area contributed by atoms with E-state index in [-0.39, 0.29) is 5.91 Å². The number of morpholine rings is 1. The molecule has 0 atom stereocenters. The third-order valence-corrected chi connectivity index (χ3v) is 5.45. The highest BCUT2D eigenvalue weighted by molar-refractivity contribution is 5.84. The van der Waals surface area contributed by atoms with Crippen molar-refractivity contribution in [2.45, 2.75) is 46.4 Å². The fourth-order valence-corrected chi connectivity index (χ4v) is 3.39. The Balaban J connectivity index is 1.61. The van der Waals surface area contributed by atoms with Crippen LogP contribution in [0.4, 0.5) is 0 Å². The molecule has 2 aromatic carbocycles. The summed E-state index contributed by atoms with van der Waals surface area (Å²) in [6, 6.07) is 14.2. The van der Waals surface area contributed by atoms with Crippen LogP contribution in [0.2, 0.25) is 0 Å². The van der Waals surface area contributed by atoms with Crippen LogP contribution in [0, 0.1) is 13.8 Å². The van der Waals surface area contributed by atoms with Gasteiger partial charge in [0.15, 0.2) is 5.60 Å². The molecule has 29 heavy (non-hydrogen) atoms. The summed E-state index contributed by atoms with van der Waals surface area (Å²) in [5.74, 6) is 0.581. The molecule has 1 aliphatic heterocycles. The van der Waals surface area contributed by atoms with Gasteiger partial charge in [-0.15, -0.1) is 0 Å². The van der Waals surface area contributed by atoms with Crippen molar-refractivity contribution >= 4 is 5.91 Å². The number of rotatable bonds is 7. The minimum Gasteiger partial charge on any atom is -0.478 e. The van der Waals surface area contributed by atoms with Crippen LogP contribution in [0.25, 0.3) is 0 Å². The second kappa shape index (κ2) is 9.42. The van der Waals surface area contributed by atoms with Crippen LogP contribution in [-0.4, -0.2) is 42.7 Å². The first-order chi connectivity index (χ1) is 13.8. The van der Waals surface area contributed by atoms with Crippen LogP contribution < -0.4 is 10.1 Å². The Bertz CT molecular complexity index is 842. The fourth-order valence-electron chi connectivity index (χ4n) is 3.39. The zero-order valence-corrected chi connectivity index (χ0v) is 18.0. The molecule has 1 N–H and O–H groups in total. The Morgan fingerprint density at radius 2 is 1.76 bits per heavy atom. The zero-order chi connectivity index (χ0) is 20.9. The molecule has 3 rings (SSSR count). The lowest BCUT2D eigenvalue weighted by Gasteiger charge is -2.28. The lowest BCUT2D eigenvalue weighted by molar-refractivity contribution is -0.134. The van der Waals surface area contributed by atoms with Gasteiger partial charge in [0.05, 0.1) is 13.2 Å². The largest absolute Gasteiger partial charge is 0.478 e. The lowest BCUT2D eigenvalue weighted by atomic mass is 10.0. The molecule has 156 valence electrons. The van der Waals surface area contributed by atoms with Crippen molar-refractivity contribution in [2.75, 3.05) is 26.3 Å². The maximum Gasteiger partial charge on any atom is 0.263 e. The summed E-state index contributed by atoms with van der Waals surface area (Å²) in [5.41, 5.74) is 3.77. The zero-order valence-electron chi connectivity index (χ0n) is 18.0. The molecule has 5 nitrogen and oxygen atoms in total. The van der Waals surface area contributed by atoms with E-state index in [1.807, 2.05) is 37.3 Å². The molecule has 0 aromatic heterocycles. The molecule has 0 unspecified atom stereocenters. The Hall–Kier alpha value is -2.37. The molecule has 0 radical (unpaired) electrons. The average molecular weight is 397 g/mol. The topological polar surface area (TPSA) is 50.8 Å². The Morgan fingerprint density at radius 1 is 1.07 bits per heavy atom. The number of amides is 1. The quantitative estimate of drug-likeness (QED) is 0.777. The minimum atomic E-state index is -0.957. The molecule has 2 aromatic rings. The van der Waals surface area contributed by atoms with Crippen LogP contribution in [0.15, 0.2) is 42.5 Å². The van der Waals surface area contributed by atoms with E-state index in [1.54, 1.807) is 13.8 Å². The Morgan fingerprint density at radius 3 is 2.45 bits per heavy atom. The molecular weight excluding hydrogens is 364 g/mol. The smallest absolute Gasteiger partial charge is 0.263 e. The molecule has 1 aliphatic rings. The average Bonchev–Trinajstić information content (AvgIpc) is 2.70. The van der Waals surface area contributed by atoms with E-state index < -0.39 is 5.60 Å². The maximum atomic E-state index is 12.8. The predicted octanol–water partition coefficient (Wildman–Crippen LogP) is 3.61. The van der Waals surface area contributed by atoms with Crippen molar-refractivity contribution in [3.05, 3.63) is 64.7 Å². The summed E-state index contributed by atoms with van der Waals surface area (Å²) >= 11 is 0. The number of hydrogen-bond acceptors (Lipinski definition) is 4. The molecule has 1 saturated heterocycles. The lowest BCUT2D eigenvalue weighted by Crippen LogP contribution is -2.46. The number of nitrogens with zero attached hydrogens (tertiary/aromatic N) is 1. The highest BCUT2D eigenvalue weighted by Crippen LogP contribution is 2.22. The van der Waals surface area contributed by atoms with Gasteiger partial charge in [0.1, 0.15) is 5.75 Å². The number of ether oxygens (including phenoxy) is 2. The van der Waals surface area contributed by atoms with Crippen LogP contribution in [0.3, 0.4) is 0 Å². The first kappa shape index (κ1) is 21.3. The van der Waals surface area contributed by atoms with Crippen LogP contribution in [0.5, 0.6) is 5.75 Å². The van der Waals surface area contributed by atoms with E-state index >= 15 is 0 Å². The van der Waals surface area contributed by atoms with Crippen LogP contribution >= 0.6 is 0 Å². The van der Waals surface area contributed by atoms with Crippen LogP contribution in [-0.2, 0) is 22.6 Å². The van der Waals surface area contributed by atoms with E-state index in [2.05, 4.69) is 29.3 Å². The van der Waals surface area contributed by atoms with Crippen molar-refractivity contribution < 1.29 is 14.3 Å². The monoisotopic (exact) mass is 396 g/mol. The third kappa shape index (κ3) is 5.81. The molecule has 1 fully saturated rings. The molecule has 5 heteroatoms. The standard InChI is InChI=1S/C24H32N2O3/c1-18-9-10-22(15-19(18)2)29-24(3,4)23(27)25-16-20-7-5-6-8-21(20)17-26-11-13-28-14-12-26/h5-10,15H,11-14,16-17H2,1-4H3,(H,25,27). The van der Waals surface area contributed by atoms with Gasteiger partial charge in [-0.1, -0.05) is 30.3 Å². The predicted molar refractivity (Wildman–Crippen MR) is 115 cm³/mol. The first-order valence-corrected chi connectivity index (χ1v) is 10.3. The molecule has 0 bridgehead atoms. The van der Waals surface area contributed by atoms with E-state index in [9.17, 15) is 4.79 Å². The molecule has 0 spiro atoms. The van der Waals surface area contributed by atoms with Crippen molar-refractivity contribution in [3.8, 4) is 5.75 Å². The number of benzene rings is 2. The molecule has 1 amide bonds. The molecule has 0 saturated carbocycles. The molecule has 0 aliphatic carbocycles. The van der Waals surface area contributed by atoms with Crippen molar-refractivity contribution in [3.63, 3.8) is 0 Å². The van der Waals surface area contributed by atoms with Gasteiger partial charge in [0.25, 0.3) is 5.91 Å². The van der Waals surface area contributed by atoms with E-state index in [0.717, 1.165) is 44.0 Å². The second-order valence-corrected chi connectivity index (χ2v) is 8.20. The number of hydrogen-bond donors (Lipinski definition) is 1. The van der Waals surface area contributed by atoms with Gasteiger partial charge in [0.2, 0.25) is 0 Å². The summed E-state index contributed by atoms with van der Waals surface area (Å²) in [6.45, 7) is 12.5. The fraction of sp³-hybridized carbons (Fsp3) is 0.458. The van der Waals surface area contributed by atoms with E-state index in [4.69, 9.17) is 9.47 Å². The van der Waals surface area contributed by atoms with Crippen LogP contribution in [0.1, 0.15) is 36.1 Å². The van der Waals surface area contributed by atoms with Gasteiger partial charge >= 0.3 is 0 Å². The first-order valence-electron chi connectivity index (χ1n) is 10.3. The Kier molecular flexibility index (Phi) is 6.93. The molecular formula is C24H32N2O3. The summed E-state index contributed by atoms with van der Waals surface area (Å²) < 4.78 is 11.4. The summed E-state index contributed by atoms with van der Waals surface area (Å²) in [6.07, 6.45) is 0. The highest BCUT2D eigenvalue weighted by Gasteiger charge is 2.30. The molecule has 1 heterocycles. The number of carbonyl (C=O) groups is 1. The van der Waals surface area contributed by atoms with Gasteiger partial charge < -0.3 is 14.8 Å². The number of nitrogens with one attached hydrogen (secondary N) is 1. The van der Waals surface area contributed by atoms with Gasteiger partial charge in [0, 0.05) is 26.2 Å². The van der Waals surface area contributed by atoms with E-state index in [1.165, 1.54) is 11.1 Å². The van der Waals surface area contributed by atoms with Gasteiger partial charge in [-0.05, 0) is 62.1 Å².